The van der Waals surface area contributed by atoms with Crippen molar-refractivity contribution in [2.75, 3.05) is 39.3 Å². The van der Waals surface area contributed by atoms with Crippen LogP contribution in [0.5, 0.6) is 0 Å². The number of likely N-dealkylation sites (N-methyl/N-ethyl adjacent to an activating group) is 1. The molecule has 1 fully saturated rings. The summed E-state index contributed by atoms with van der Waals surface area (Å²) in [5, 5.41) is 8.94. The van der Waals surface area contributed by atoms with Gasteiger partial charge in [-0.25, -0.2) is 0 Å². The number of hydrogen-bond donors (Lipinski definition) is 0. The summed E-state index contributed by atoms with van der Waals surface area (Å²) in [6, 6.07) is 10.3. The van der Waals surface area contributed by atoms with Crippen LogP contribution in [0.4, 0.5) is 0 Å². The number of halogens is 1. The molecular weight excluding hydrogens is 370 g/mol. The van der Waals surface area contributed by atoms with Gasteiger partial charge in [0.15, 0.2) is 0 Å². The molecule has 0 aliphatic carbocycles. The van der Waals surface area contributed by atoms with Gasteiger partial charge in [0.05, 0.1) is 31.2 Å². The third-order valence-electron chi connectivity index (χ3n) is 4.20. The first-order valence-electron chi connectivity index (χ1n) is 8.30. The van der Waals surface area contributed by atoms with Crippen molar-refractivity contribution in [1.82, 2.24) is 9.80 Å². The van der Waals surface area contributed by atoms with Crippen LogP contribution in [0.15, 0.2) is 28.7 Å². The Morgan fingerprint density at radius 2 is 2.21 bits per heavy atom. The lowest BCUT2D eigenvalue weighted by Crippen LogP contribution is -2.46. The standard InChI is InChI=1S/C18H24BrN3O2/c1-3-22(11-14(2)10-20)18(23)13-21-8-9-24-17(12-21)15-4-6-16(19)7-5-15/h4-7,14,17H,3,8-9,11-13H2,1-2H3/t14-,17-/m1/s1. The molecule has 1 aromatic carbocycles. The molecule has 6 heteroatoms. The lowest BCUT2D eigenvalue weighted by molar-refractivity contribution is -0.134. The van der Waals surface area contributed by atoms with Crippen molar-refractivity contribution in [3.8, 4) is 6.07 Å². The second kappa shape index (κ2) is 9.16. The topological polar surface area (TPSA) is 56.6 Å². The average molecular weight is 394 g/mol. The molecule has 1 heterocycles. The number of ether oxygens (including phenoxy) is 1. The number of amides is 1. The summed E-state index contributed by atoms with van der Waals surface area (Å²) < 4.78 is 6.90. The average Bonchev–Trinajstić information content (AvgIpc) is 2.60. The molecule has 0 bridgehead atoms. The third-order valence-corrected chi connectivity index (χ3v) is 4.73. The molecule has 0 N–H and O–H groups in total. The largest absolute Gasteiger partial charge is 0.371 e. The Morgan fingerprint density at radius 1 is 1.50 bits per heavy atom. The zero-order chi connectivity index (χ0) is 17.5. The minimum atomic E-state index is -0.144. The van der Waals surface area contributed by atoms with Crippen LogP contribution in [0.1, 0.15) is 25.5 Å². The minimum Gasteiger partial charge on any atom is -0.371 e. The summed E-state index contributed by atoms with van der Waals surface area (Å²) in [5.74, 6) is -0.0647. The number of carbonyl (C=O) groups excluding carboxylic acids is 1. The van der Waals surface area contributed by atoms with E-state index in [1.165, 1.54) is 0 Å². The number of rotatable bonds is 6. The zero-order valence-corrected chi connectivity index (χ0v) is 15.8. The van der Waals surface area contributed by atoms with Gasteiger partial charge in [-0.2, -0.15) is 5.26 Å². The fraction of sp³-hybridized carbons (Fsp3) is 0.556. The Bertz CT molecular complexity index is 585. The Balaban J connectivity index is 1.93. The zero-order valence-electron chi connectivity index (χ0n) is 14.2. The summed E-state index contributed by atoms with van der Waals surface area (Å²) in [5.41, 5.74) is 1.13. The van der Waals surface area contributed by atoms with Gasteiger partial charge < -0.3 is 9.64 Å². The number of hydrogen-bond acceptors (Lipinski definition) is 4. The van der Waals surface area contributed by atoms with Crippen LogP contribution in [0.2, 0.25) is 0 Å². The maximum Gasteiger partial charge on any atom is 0.236 e. The van der Waals surface area contributed by atoms with Crippen LogP contribution < -0.4 is 0 Å². The third kappa shape index (κ3) is 5.30. The molecule has 24 heavy (non-hydrogen) atoms. The van der Waals surface area contributed by atoms with Crippen molar-refractivity contribution in [1.29, 1.82) is 5.26 Å². The van der Waals surface area contributed by atoms with Crippen molar-refractivity contribution < 1.29 is 9.53 Å². The summed E-state index contributed by atoms with van der Waals surface area (Å²) >= 11 is 3.44. The van der Waals surface area contributed by atoms with Gasteiger partial charge >= 0.3 is 0 Å². The Morgan fingerprint density at radius 3 is 2.83 bits per heavy atom. The number of nitrogens with zero attached hydrogens (tertiary/aromatic N) is 3. The smallest absolute Gasteiger partial charge is 0.236 e. The Labute approximate surface area is 152 Å². The first kappa shape index (κ1) is 18.9. The highest BCUT2D eigenvalue weighted by atomic mass is 79.9. The predicted molar refractivity (Wildman–Crippen MR) is 96.3 cm³/mol. The summed E-state index contributed by atoms with van der Waals surface area (Å²) in [4.78, 5) is 16.4. The molecule has 1 aliphatic heterocycles. The van der Waals surface area contributed by atoms with E-state index in [-0.39, 0.29) is 17.9 Å². The second-order valence-corrected chi connectivity index (χ2v) is 7.02. The summed E-state index contributed by atoms with van der Waals surface area (Å²) in [7, 11) is 0. The van der Waals surface area contributed by atoms with E-state index in [1.807, 2.05) is 38.1 Å². The van der Waals surface area contributed by atoms with Crippen molar-refractivity contribution in [3.63, 3.8) is 0 Å². The van der Waals surface area contributed by atoms with Crippen LogP contribution in [0.25, 0.3) is 0 Å². The van der Waals surface area contributed by atoms with E-state index in [4.69, 9.17) is 10.00 Å². The van der Waals surface area contributed by atoms with Crippen LogP contribution >= 0.6 is 15.9 Å². The highest BCUT2D eigenvalue weighted by Crippen LogP contribution is 2.23. The van der Waals surface area contributed by atoms with E-state index >= 15 is 0 Å². The van der Waals surface area contributed by atoms with Gasteiger partial charge in [-0.3, -0.25) is 9.69 Å². The lowest BCUT2D eigenvalue weighted by Gasteiger charge is -2.34. The van der Waals surface area contributed by atoms with Crippen molar-refractivity contribution in [2.24, 2.45) is 5.92 Å². The fourth-order valence-electron chi connectivity index (χ4n) is 2.80. The highest BCUT2D eigenvalue weighted by molar-refractivity contribution is 9.10. The van der Waals surface area contributed by atoms with Crippen LogP contribution in [0, 0.1) is 17.2 Å². The first-order valence-corrected chi connectivity index (χ1v) is 9.09. The molecule has 1 amide bonds. The highest BCUT2D eigenvalue weighted by Gasteiger charge is 2.25. The molecule has 0 radical (unpaired) electrons. The number of benzene rings is 1. The first-order chi connectivity index (χ1) is 11.5. The molecule has 2 rings (SSSR count). The maximum absolute atomic E-state index is 12.5. The van der Waals surface area contributed by atoms with E-state index in [1.54, 1.807) is 4.90 Å². The van der Waals surface area contributed by atoms with E-state index in [0.717, 1.165) is 16.6 Å². The molecule has 5 nitrogen and oxygen atoms in total. The van der Waals surface area contributed by atoms with Crippen molar-refractivity contribution in [2.45, 2.75) is 20.0 Å². The maximum atomic E-state index is 12.5. The van der Waals surface area contributed by atoms with Crippen LogP contribution in [0.3, 0.4) is 0 Å². The summed E-state index contributed by atoms with van der Waals surface area (Å²) in [6.07, 6.45) is -0.00670. The molecule has 0 aromatic heterocycles. The molecular formula is C18H24BrN3O2. The quantitative estimate of drug-likeness (QED) is 0.745. The fourth-order valence-corrected chi connectivity index (χ4v) is 3.06. The van der Waals surface area contributed by atoms with Gasteiger partial charge in [0.1, 0.15) is 0 Å². The normalized spacial score (nSPS) is 19.5. The van der Waals surface area contributed by atoms with Gasteiger partial charge in [0, 0.05) is 30.7 Å². The molecule has 0 unspecified atom stereocenters. The molecule has 0 saturated carbocycles. The van der Waals surface area contributed by atoms with Crippen molar-refractivity contribution >= 4 is 21.8 Å². The number of morpholine rings is 1. The van der Waals surface area contributed by atoms with Gasteiger partial charge in [-0.1, -0.05) is 28.1 Å². The van der Waals surface area contributed by atoms with E-state index in [9.17, 15) is 4.79 Å². The molecule has 2 atom stereocenters. The molecule has 130 valence electrons. The van der Waals surface area contributed by atoms with Crippen molar-refractivity contribution in [3.05, 3.63) is 34.3 Å². The minimum absolute atomic E-state index is 0.00670. The van der Waals surface area contributed by atoms with Gasteiger partial charge in [-0.05, 0) is 31.5 Å². The molecule has 1 aliphatic rings. The Hall–Kier alpha value is -1.42. The van der Waals surface area contributed by atoms with Crippen LogP contribution in [-0.4, -0.2) is 55.0 Å². The van der Waals surface area contributed by atoms with E-state index < -0.39 is 0 Å². The molecule has 0 spiro atoms. The van der Waals surface area contributed by atoms with Gasteiger partial charge in [-0.15, -0.1) is 0 Å². The van der Waals surface area contributed by atoms with Gasteiger partial charge in [0.25, 0.3) is 0 Å². The van der Waals surface area contributed by atoms with Crippen LogP contribution in [-0.2, 0) is 9.53 Å². The predicted octanol–water partition coefficient (Wildman–Crippen LogP) is 2.83. The van der Waals surface area contributed by atoms with E-state index in [2.05, 4.69) is 26.9 Å². The second-order valence-electron chi connectivity index (χ2n) is 6.11. The Kier molecular flexibility index (Phi) is 7.22. The van der Waals surface area contributed by atoms with Gasteiger partial charge in [0.2, 0.25) is 5.91 Å². The summed E-state index contributed by atoms with van der Waals surface area (Å²) in [6.45, 7) is 7.37. The molecule has 1 aromatic rings. The lowest BCUT2D eigenvalue weighted by atomic mass is 10.1. The number of carbonyl (C=O) groups is 1. The van der Waals surface area contributed by atoms with E-state index in [0.29, 0.717) is 32.8 Å². The number of nitriles is 1. The monoisotopic (exact) mass is 393 g/mol. The SMILES string of the molecule is CCN(C[C@H](C)C#N)C(=O)CN1CCO[C@@H](c2ccc(Br)cc2)C1. The molecule has 1 saturated heterocycles.